The van der Waals surface area contributed by atoms with E-state index in [4.69, 9.17) is 4.99 Å². The molecule has 0 saturated carbocycles. The molecule has 1 aliphatic heterocycles. The quantitative estimate of drug-likeness (QED) is 0.315. The fourth-order valence-corrected chi connectivity index (χ4v) is 4.20. The molecule has 0 atom stereocenters. The highest BCUT2D eigenvalue weighted by atomic mass is 16.2. The lowest BCUT2D eigenvalue weighted by molar-refractivity contribution is -0.113. The van der Waals surface area contributed by atoms with E-state index in [1.165, 1.54) is 0 Å². The molecule has 1 heterocycles. The number of benzene rings is 4. The van der Waals surface area contributed by atoms with Gasteiger partial charge in [-0.2, -0.15) is 0 Å². The molecule has 0 spiro atoms. The molecule has 1 aliphatic rings. The van der Waals surface area contributed by atoms with E-state index in [1.807, 2.05) is 97.9 Å². The summed E-state index contributed by atoms with van der Waals surface area (Å²) in [7, 11) is 0. The zero-order chi connectivity index (χ0) is 24.9. The van der Waals surface area contributed by atoms with Crippen LogP contribution in [-0.4, -0.2) is 24.2 Å². The molecule has 5 nitrogen and oxygen atoms in total. The second-order valence-corrected chi connectivity index (χ2v) is 8.31. The Hall–Kier alpha value is -4.77. The Labute approximate surface area is 210 Å². The maximum Gasteiger partial charge on any atom is 0.282 e. The summed E-state index contributed by atoms with van der Waals surface area (Å²) < 4.78 is 0. The van der Waals surface area contributed by atoms with Gasteiger partial charge in [0, 0.05) is 23.4 Å². The lowest BCUT2D eigenvalue weighted by Gasteiger charge is -2.22. The van der Waals surface area contributed by atoms with Crippen molar-refractivity contribution in [3.8, 4) is 0 Å². The topological polar surface area (TPSA) is 53.0 Å². The first-order valence-electron chi connectivity index (χ1n) is 11.9. The van der Waals surface area contributed by atoms with Crippen LogP contribution in [0.4, 0.5) is 11.4 Å². The normalized spacial score (nSPS) is 14.1. The van der Waals surface area contributed by atoms with Crippen molar-refractivity contribution in [1.82, 2.24) is 0 Å². The van der Waals surface area contributed by atoms with Crippen LogP contribution in [0.1, 0.15) is 28.4 Å². The van der Waals surface area contributed by atoms with E-state index < -0.39 is 0 Å². The van der Waals surface area contributed by atoms with Gasteiger partial charge in [-0.05, 0) is 55.0 Å². The van der Waals surface area contributed by atoms with Crippen molar-refractivity contribution in [3.63, 3.8) is 0 Å². The molecule has 0 fully saturated rings. The summed E-state index contributed by atoms with van der Waals surface area (Å²) in [5.74, 6) is 0.252. The Kier molecular flexibility index (Phi) is 6.54. The molecule has 0 radical (unpaired) electrons. The maximum absolute atomic E-state index is 13.5. The van der Waals surface area contributed by atoms with Gasteiger partial charge in [-0.3, -0.25) is 14.5 Å². The minimum absolute atomic E-state index is 0.0930. The minimum Gasteiger partial charge on any atom is -0.309 e. The molecule has 4 aromatic carbocycles. The van der Waals surface area contributed by atoms with E-state index in [1.54, 1.807) is 40.1 Å². The highest BCUT2D eigenvalue weighted by Gasteiger charge is 2.32. The van der Waals surface area contributed by atoms with Crippen LogP contribution in [0.25, 0.3) is 6.08 Å². The van der Waals surface area contributed by atoms with Gasteiger partial charge in [0.25, 0.3) is 11.8 Å². The highest BCUT2D eigenvalue weighted by molar-refractivity contribution is 6.33. The Morgan fingerprint density at radius 2 is 1.39 bits per heavy atom. The molecule has 0 bridgehead atoms. The summed E-state index contributed by atoms with van der Waals surface area (Å²) in [6.45, 7) is 2.50. The fraction of sp³-hybridized carbons (Fsp3) is 0.0645. The van der Waals surface area contributed by atoms with Crippen LogP contribution < -0.4 is 9.80 Å². The summed E-state index contributed by atoms with van der Waals surface area (Å²) in [5, 5.41) is 0. The molecule has 0 unspecified atom stereocenters. The van der Waals surface area contributed by atoms with Crippen molar-refractivity contribution in [1.29, 1.82) is 0 Å². The minimum atomic E-state index is -0.212. The highest BCUT2D eigenvalue weighted by Crippen LogP contribution is 2.28. The van der Waals surface area contributed by atoms with Gasteiger partial charge in [0.1, 0.15) is 11.5 Å². The van der Waals surface area contributed by atoms with Gasteiger partial charge in [-0.25, -0.2) is 4.99 Å². The average molecular weight is 472 g/mol. The number of amides is 2. The van der Waals surface area contributed by atoms with Gasteiger partial charge < -0.3 is 4.90 Å². The van der Waals surface area contributed by atoms with Crippen LogP contribution in [-0.2, 0) is 4.79 Å². The number of para-hydroxylation sites is 1. The molecule has 36 heavy (non-hydrogen) atoms. The van der Waals surface area contributed by atoms with Crippen LogP contribution >= 0.6 is 0 Å². The van der Waals surface area contributed by atoms with Gasteiger partial charge >= 0.3 is 0 Å². The van der Waals surface area contributed by atoms with Gasteiger partial charge in [0.15, 0.2) is 0 Å². The van der Waals surface area contributed by atoms with Gasteiger partial charge in [0.2, 0.25) is 0 Å². The zero-order valence-corrected chi connectivity index (χ0v) is 19.9. The standard InChI is InChI=1S/C31H25N3O2/c1-2-33(26-16-10-5-11-17-26)30(35)25-18-20-27(21-19-25)34-29(24-14-8-4-9-15-24)32-28(31(34)36)22-23-12-6-3-7-13-23/h3-22H,2H2,1H3/b28-22+. The Bertz CT molecular complexity index is 1430. The number of rotatable bonds is 6. The number of amidine groups is 1. The SMILES string of the molecule is CCN(C(=O)c1ccc(N2C(=O)/C(=C\c3ccccc3)N=C2c2ccccc2)cc1)c1ccccc1. The van der Waals surface area contributed by atoms with Gasteiger partial charge in [-0.1, -0.05) is 78.9 Å². The van der Waals surface area contributed by atoms with Crippen LogP contribution in [0.2, 0.25) is 0 Å². The molecular formula is C31H25N3O2. The van der Waals surface area contributed by atoms with E-state index in [2.05, 4.69) is 0 Å². The largest absolute Gasteiger partial charge is 0.309 e. The summed E-state index contributed by atoms with van der Waals surface area (Å²) in [6.07, 6.45) is 1.79. The van der Waals surface area contributed by atoms with Crippen molar-refractivity contribution in [2.24, 2.45) is 4.99 Å². The van der Waals surface area contributed by atoms with Crippen LogP contribution in [0.15, 0.2) is 126 Å². The van der Waals surface area contributed by atoms with Crippen LogP contribution in [0.3, 0.4) is 0 Å². The summed E-state index contributed by atoms with van der Waals surface area (Å²) >= 11 is 0. The summed E-state index contributed by atoms with van der Waals surface area (Å²) in [5.41, 5.74) is 4.15. The van der Waals surface area contributed by atoms with Crippen molar-refractivity contribution >= 4 is 35.1 Å². The molecule has 176 valence electrons. The Balaban J connectivity index is 1.48. The number of carbonyl (C=O) groups is 2. The van der Waals surface area contributed by atoms with E-state index in [9.17, 15) is 9.59 Å². The second-order valence-electron chi connectivity index (χ2n) is 8.31. The van der Waals surface area contributed by atoms with E-state index >= 15 is 0 Å². The molecule has 0 saturated heterocycles. The first-order valence-corrected chi connectivity index (χ1v) is 11.9. The van der Waals surface area contributed by atoms with E-state index in [0.29, 0.717) is 29.3 Å². The molecule has 0 aromatic heterocycles. The number of hydrogen-bond donors (Lipinski definition) is 0. The number of anilines is 2. The lowest BCUT2D eigenvalue weighted by atomic mass is 10.1. The number of aliphatic imine (C=N–C) groups is 1. The number of hydrogen-bond acceptors (Lipinski definition) is 3. The molecule has 4 aromatic rings. The second kappa shape index (κ2) is 10.2. The number of carbonyl (C=O) groups excluding carboxylic acids is 2. The molecule has 5 rings (SSSR count). The van der Waals surface area contributed by atoms with Gasteiger partial charge in [0.05, 0.1) is 5.69 Å². The molecule has 0 aliphatic carbocycles. The van der Waals surface area contributed by atoms with Crippen molar-refractivity contribution in [3.05, 3.63) is 138 Å². The van der Waals surface area contributed by atoms with Gasteiger partial charge in [-0.15, -0.1) is 0 Å². The summed E-state index contributed by atoms with van der Waals surface area (Å²) in [6, 6.07) is 36.0. The van der Waals surface area contributed by atoms with Crippen molar-refractivity contribution < 1.29 is 9.59 Å². The third-order valence-electron chi connectivity index (χ3n) is 6.00. The van der Waals surface area contributed by atoms with Crippen LogP contribution in [0.5, 0.6) is 0 Å². The van der Waals surface area contributed by atoms with E-state index in [-0.39, 0.29) is 11.8 Å². The molecular weight excluding hydrogens is 446 g/mol. The van der Waals surface area contributed by atoms with Crippen LogP contribution in [0, 0.1) is 0 Å². The zero-order valence-electron chi connectivity index (χ0n) is 19.9. The average Bonchev–Trinajstić information content (AvgIpc) is 3.26. The summed E-state index contributed by atoms with van der Waals surface area (Å²) in [4.78, 5) is 34.8. The molecule has 2 amide bonds. The Morgan fingerprint density at radius 3 is 2.00 bits per heavy atom. The molecule has 0 N–H and O–H groups in total. The van der Waals surface area contributed by atoms with Crippen molar-refractivity contribution in [2.45, 2.75) is 6.92 Å². The first kappa shape index (κ1) is 23.0. The third-order valence-corrected chi connectivity index (χ3v) is 6.00. The smallest absolute Gasteiger partial charge is 0.282 e. The predicted molar refractivity (Wildman–Crippen MR) is 145 cm³/mol. The lowest BCUT2D eigenvalue weighted by Crippen LogP contribution is -2.33. The molecule has 5 heteroatoms. The number of nitrogens with zero attached hydrogens (tertiary/aromatic N) is 3. The fourth-order valence-electron chi connectivity index (χ4n) is 4.20. The monoisotopic (exact) mass is 471 g/mol. The van der Waals surface area contributed by atoms with E-state index in [0.717, 1.165) is 16.8 Å². The Morgan fingerprint density at radius 1 is 0.806 bits per heavy atom. The first-order chi connectivity index (χ1) is 17.7. The predicted octanol–water partition coefficient (Wildman–Crippen LogP) is 6.19. The van der Waals surface area contributed by atoms with Crippen molar-refractivity contribution in [2.75, 3.05) is 16.3 Å². The maximum atomic E-state index is 13.5. The third kappa shape index (κ3) is 4.59.